The number of hydrogen-bond donors (Lipinski definition) is 0. The Balaban J connectivity index is 1.94. The van der Waals surface area contributed by atoms with Crippen molar-refractivity contribution in [1.29, 1.82) is 0 Å². The first kappa shape index (κ1) is 15.3. The van der Waals surface area contributed by atoms with E-state index in [1.54, 1.807) is 0 Å². The Morgan fingerprint density at radius 3 is 2.35 bits per heavy atom. The summed E-state index contributed by atoms with van der Waals surface area (Å²) in [5.41, 5.74) is 9.38. The number of rotatable bonds is 1. The minimum absolute atomic E-state index is 0.00230. The van der Waals surface area contributed by atoms with E-state index in [1.165, 1.54) is 49.7 Å². The molecule has 0 amide bonds. The average molecular weight is 335 g/mol. The fourth-order valence-corrected chi connectivity index (χ4v) is 4.46. The van der Waals surface area contributed by atoms with Gasteiger partial charge in [0.25, 0.3) is 0 Å². The molecular weight excluding hydrogens is 314 g/mol. The van der Waals surface area contributed by atoms with Crippen molar-refractivity contribution in [3.05, 3.63) is 89.7 Å². The standard InChI is InChI=1S/C25H21N/c1-16-10-11-20-22(13-16)25(2,3)23-14-21(17-7-6-12-26-15-17)18-8-4-5-9-19(18)24(20)23/h4-15H,1-3H3. The first-order valence-electron chi connectivity index (χ1n) is 9.15. The van der Waals surface area contributed by atoms with Gasteiger partial charge in [0.2, 0.25) is 0 Å². The second kappa shape index (κ2) is 5.28. The van der Waals surface area contributed by atoms with Crippen molar-refractivity contribution >= 4 is 10.8 Å². The van der Waals surface area contributed by atoms with Crippen LogP contribution in [0.2, 0.25) is 0 Å². The van der Waals surface area contributed by atoms with E-state index in [2.05, 4.69) is 80.4 Å². The summed E-state index contributed by atoms with van der Waals surface area (Å²) in [6.45, 7) is 6.87. The van der Waals surface area contributed by atoms with Crippen molar-refractivity contribution in [2.75, 3.05) is 0 Å². The average Bonchev–Trinajstić information content (AvgIpc) is 2.89. The normalized spacial score (nSPS) is 14.3. The molecule has 0 saturated heterocycles. The number of benzene rings is 3. The third kappa shape index (κ3) is 2.00. The molecule has 1 heterocycles. The van der Waals surface area contributed by atoms with Crippen LogP contribution in [0.15, 0.2) is 73.1 Å². The van der Waals surface area contributed by atoms with Gasteiger partial charge < -0.3 is 0 Å². The summed E-state index contributed by atoms with van der Waals surface area (Å²) in [5.74, 6) is 0. The zero-order valence-corrected chi connectivity index (χ0v) is 15.4. The van der Waals surface area contributed by atoms with Crippen LogP contribution < -0.4 is 0 Å². The molecule has 1 aromatic heterocycles. The predicted octanol–water partition coefficient (Wildman–Crippen LogP) is 6.52. The largest absolute Gasteiger partial charge is 0.264 e. The Kier molecular flexibility index (Phi) is 3.12. The highest BCUT2D eigenvalue weighted by Gasteiger charge is 2.37. The molecule has 126 valence electrons. The maximum atomic E-state index is 4.35. The molecule has 0 bridgehead atoms. The molecule has 0 spiro atoms. The van der Waals surface area contributed by atoms with Crippen LogP contribution in [0.4, 0.5) is 0 Å². The molecule has 3 aromatic carbocycles. The van der Waals surface area contributed by atoms with Crippen molar-refractivity contribution in [1.82, 2.24) is 4.98 Å². The van der Waals surface area contributed by atoms with Crippen LogP contribution in [0.3, 0.4) is 0 Å². The summed E-state index contributed by atoms with van der Waals surface area (Å²) in [6.07, 6.45) is 3.80. The third-order valence-electron chi connectivity index (χ3n) is 5.81. The molecule has 26 heavy (non-hydrogen) atoms. The molecule has 0 atom stereocenters. The summed E-state index contributed by atoms with van der Waals surface area (Å²) >= 11 is 0. The lowest BCUT2D eigenvalue weighted by Gasteiger charge is -2.23. The molecule has 0 N–H and O–H groups in total. The van der Waals surface area contributed by atoms with E-state index in [0.29, 0.717) is 0 Å². The summed E-state index contributed by atoms with van der Waals surface area (Å²) < 4.78 is 0. The van der Waals surface area contributed by atoms with Gasteiger partial charge in [-0.05, 0) is 57.6 Å². The maximum absolute atomic E-state index is 4.35. The maximum Gasteiger partial charge on any atom is 0.0346 e. The van der Waals surface area contributed by atoms with Gasteiger partial charge in [0.05, 0.1) is 0 Å². The lowest BCUT2D eigenvalue weighted by molar-refractivity contribution is 0.660. The minimum atomic E-state index is -0.00230. The van der Waals surface area contributed by atoms with Gasteiger partial charge in [0.1, 0.15) is 0 Å². The van der Waals surface area contributed by atoms with Crippen LogP contribution in [0, 0.1) is 6.92 Å². The second-order valence-corrected chi connectivity index (χ2v) is 7.81. The summed E-state index contributed by atoms with van der Waals surface area (Å²) in [5, 5.41) is 2.63. The minimum Gasteiger partial charge on any atom is -0.264 e. The van der Waals surface area contributed by atoms with E-state index in [9.17, 15) is 0 Å². The number of aryl methyl sites for hydroxylation is 1. The van der Waals surface area contributed by atoms with Crippen molar-refractivity contribution < 1.29 is 0 Å². The van der Waals surface area contributed by atoms with Crippen molar-refractivity contribution in [2.24, 2.45) is 0 Å². The van der Waals surface area contributed by atoms with E-state index in [4.69, 9.17) is 0 Å². The van der Waals surface area contributed by atoms with Gasteiger partial charge in [0.15, 0.2) is 0 Å². The summed E-state index contributed by atoms with van der Waals surface area (Å²) in [4.78, 5) is 4.35. The number of aromatic nitrogens is 1. The number of pyridine rings is 1. The molecule has 0 unspecified atom stereocenters. The summed E-state index contributed by atoms with van der Waals surface area (Å²) in [6, 6.07) is 22.2. The lowest BCUT2D eigenvalue weighted by atomic mass is 9.80. The molecule has 1 aliphatic carbocycles. The quantitative estimate of drug-likeness (QED) is 0.386. The van der Waals surface area contributed by atoms with Crippen LogP contribution in [-0.4, -0.2) is 4.98 Å². The fraction of sp³-hybridized carbons (Fsp3) is 0.160. The first-order valence-corrected chi connectivity index (χ1v) is 9.15. The molecule has 1 heteroatoms. The van der Waals surface area contributed by atoms with Gasteiger partial charge >= 0.3 is 0 Å². The highest BCUT2D eigenvalue weighted by Crippen LogP contribution is 2.53. The molecule has 0 radical (unpaired) electrons. The van der Waals surface area contributed by atoms with Gasteiger partial charge in [0, 0.05) is 23.4 Å². The monoisotopic (exact) mass is 335 g/mol. The topological polar surface area (TPSA) is 12.9 Å². The smallest absolute Gasteiger partial charge is 0.0346 e. The molecule has 5 rings (SSSR count). The molecule has 0 saturated carbocycles. The Hall–Kier alpha value is -2.93. The number of nitrogens with zero attached hydrogens (tertiary/aromatic N) is 1. The van der Waals surface area contributed by atoms with Crippen LogP contribution >= 0.6 is 0 Å². The SMILES string of the molecule is Cc1ccc2c(c1)C(C)(C)c1cc(-c3cccnc3)c3ccccc3c1-2. The van der Waals surface area contributed by atoms with Gasteiger partial charge in [-0.2, -0.15) is 0 Å². The predicted molar refractivity (Wildman–Crippen MR) is 109 cm³/mol. The van der Waals surface area contributed by atoms with Crippen LogP contribution in [0.1, 0.15) is 30.5 Å². The highest BCUT2D eigenvalue weighted by molar-refractivity contribution is 6.08. The molecule has 0 aliphatic heterocycles. The van der Waals surface area contributed by atoms with E-state index in [1.807, 2.05) is 18.5 Å². The van der Waals surface area contributed by atoms with Gasteiger partial charge in [-0.1, -0.05) is 67.9 Å². The molecular formula is C25H21N. The Morgan fingerprint density at radius 1 is 0.769 bits per heavy atom. The lowest BCUT2D eigenvalue weighted by Crippen LogP contribution is -2.15. The molecule has 1 aliphatic rings. The van der Waals surface area contributed by atoms with E-state index >= 15 is 0 Å². The van der Waals surface area contributed by atoms with Crippen molar-refractivity contribution in [2.45, 2.75) is 26.2 Å². The summed E-state index contributed by atoms with van der Waals surface area (Å²) in [7, 11) is 0. The Labute approximate surface area is 154 Å². The Bertz CT molecular complexity index is 1150. The Morgan fingerprint density at radius 2 is 1.58 bits per heavy atom. The van der Waals surface area contributed by atoms with Crippen LogP contribution in [0.25, 0.3) is 33.0 Å². The highest BCUT2D eigenvalue weighted by atomic mass is 14.6. The molecule has 1 nitrogen and oxygen atoms in total. The van der Waals surface area contributed by atoms with E-state index in [-0.39, 0.29) is 5.41 Å². The van der Waals surface area contributed by atoms with Gasteiger partial charge in [-0.3, -0.25) is 4.98 Å². The van der Waals surface area contributed by atoms with Crippen LogP contribution in [-0.2, 0) is 5.41 Å². The van der Waals surface area contributed by atoms with Gasteiger partial charge in [-0.25, -0.2) is 0 Å². The molecule has 0 fully saturated rings. The van der Waals surface area contributed by atoms with Crippen molar-refractivity contribution in [3.8, 4) is 22.3 Å². The van der Waals surface area contributed by atoms with Crippen molar-refractivity contribution in [3.63, 3.8) is 0 Å². The van der Waals surface area contributed by atoms with E-state index in [0.717, 1.165) is 0 Å². The molecule has 4 aromatic rings. The first-order chi connectivity index (χ1) is 12.6. The van der Waals surface area contributed by atoms with Crippen LogP contribution in [0.5, 0.6) is 0 Å². The van der Waals surface area contributed by atoms with Gasteiger partial charge in [-0.15, -0.1) is 0 Å². The number of hydrogen-bond acceptors (Lipinski definition) is 1. The zero-order chi connectivity index (χ0) is 17.9. The fourth-order valence-electron chi connectivity index (χ4n) is 4.46. The third-order valence-corrected chi connectivity index (χ3v) is 5.81. The zero-order valence-electron chi connectivity index (χ0n) is 15.4. The van der Waals surface area contributed by atoms with E-state index < -0.39 is 0 Å². The second-order valence-electron chi connectivity index (χ2n) is 7.81. The number of fused-ring (bicyclic) bond motifs is 5.